The molecule has 3 N–H and O–H groups in total. The second-order valence-corrected chi connectivity index (χ2v) is 6.06. The average Bonchev–Trinajstić information content (AvgIpc) is 2.71. The molecule has 2 aromatic carbocycles. The first kappa shape index (κ1) is 20.3. The van der Waals surface area contributed by atoms with E-state index in [4.69, 9.17) is 4.74 Å². The number of anilines is 1. The molecule has 7 nitrogen and oxygen atoms in total. The van der Waals surface area contributed by atoms with E-state index < -0.39 is 6.10 Å². The lowest BCUT2D eigenvalue weighted by atomic mass is 10.1. The lowest BCUT2D eigenvalue weighted by Crippen LogP contribution is -2.33. The van der Waals surface area contributed by atoms with E-state index >= 15 is 0 Å². The Labute approximate surface area is 158 Å². The summed E-state index contributed by atoms with van der Waals surface area (Å²) in [5, 5.41) is 15.5. The molecule has 27 heavy (non-hydrogen) atoms. The van der Waals surface area contributed by atoms with Gasteiger partial charge in [0.2, 0.25) is 0 Å². The molecule has 2 aromatic rings. The van der Waals surface area contributed by atoms with Crippen LogP contribution in [0.2, 0.25) is 0 Å². The van der Waals surface area contributed by atoms with Gasteiger partial charge in [0.15, 0.2) is 0 Å². The number of aliphatic hydroxyl groups excluding tert-OH is 1. The van der Waals surface area contributed by atoms with Gasteiger partial charge in [0.1, 0.15) is 5.75 Å². The number of nitrogens with one attached hydrogen (secondary N) is 2. The van der Waals surface area contributed by atoms with Gasteiger partial charge in [0.05, 0.1) is 18.8 Å². The first-order valence-electron chi connectivity index (χ1n) is 8.61. The third kappa shape index (κ3) is 5.46. The first-order valence-corrected chi connectivity index (χ1v) is 8.61. The highest BCUT2D eigenvalue weighted by atomic mass is 16.5. The minimum atomic E-state index is -0.637. The van der Waals surface area contributed by atoms with Gasteiger partial charge in [-0.25, -0.2) is 4.79 Å². The first-order chi connectivity index (χ1) is 13.0. The van der Waals surface area contributed by atoms with Gasteiger partial charge in [-0.2, -0.15) is 0 Å². The number of hydrogen-bond acceptors (Lipinski definition) is 4. The largest absolute Gasteiger partial charge is 0.496 e. The second kappa shape index (κ2) is 9.59. The maximum absolute atomic E-state index is 12.4. The fourth-order valence-electron chi connectivity index (χ4n) is 2.58. The third-order valence-corrected chi connectivity index (χ3v) is 4.19. The van der Waals surface area contributed by atoms with Gasteiger partial charge in [0, 0.05) is 26.3 Å². The summed E-state index contributed by atoms with van der Waals surface area (Å²) >= 11 is 0. The van der Waals surface area contributed by atoms with E-state index in [9.17, 15) is 14.7 Å². The molecule has 0 aromatic heterocycles. The molecule has 7 heteroatoms. The predicted octanol–water partition coefficient (Wildman–Crippen LogP) is 2.64. The molecule has 0 fully saturated rings. The quantitative estimate of drug-likeness (QED) is 0.698. The highest BCUT2D eigenvalue weighted by Crippen LogP contribution is 2.23. The zero-order valence-electron chi connectivity index (χ0n) is 15.7. The summed E-state index contributed by atoms with van der Waals surface area (Å²) in [5.41, 5.74) is 1.63. The van der Waals surface area contributed by atoms with Crippen molar-refractivity contribution in [3.63, 3.8) is 0 Å². The number of aliphatic hydroxyl groups is 1. The average molecular weight is 371 g/mol. The van der Waals surface area contributed by atoms with Gasteiger partial charge in [-0.05, 0) is 30.2 Å². The van der Waals surface area contributed by atoms with Crippen LogP contribution in [0.5, 0.6) is 5.75 Å². The van der Waals surface area contributed by atoms with Gasteiger partial charge in [-0.1, -0.05) is 30.3 Å². The summed E-state index contributed by atoms with van der Waals surface area (Å²) in [6.07, 6.45) is -0.220. The van der Waals surface area contributed by atoms with Crippen molar-refractivity contribution in [3.8, 4) is 5.75 Å². The van der Waals surface area contributed by atoms with Crippen LogP contribution >= 0.6 is 0 Å². The van der Waals surface area contributed by atoms with Gasteiger partial charge >= 0.3 is 6.03 Å². The molecule has 0 radical (unpaired) electrons. The van der Waals surface area contributed by atoms with E-state index in [1.165, 1.54) is 19.1 Å². The fourth-order valence-corrected chi connectivity index (χ4v) is 2.58. The lowest BCUT2D eigenvalue weighted by molar-refractivity contribution is 0.0960. The summed E-state index contributed by atoms with van der Waals surface area (Å²) in [6, 6.07) is 13.8. The molecular formula is C20H25N3O4. The SMILES string of the molecule is CNC(=O)c1cc(NC(=O)N(C)CCC(O)c2ccccc2)ccc1OC. The van der Waals surface area contributed by atoms with Crippen LogP contribution < -0.4 is 15.4 Å². The molecule has 0 spiro atoms. The van der Waals surface area contributed by atoms with Crippen molar-refractivity contribution in [3.05, 3.63) is 59.7 Å². The molecule has 0 aliphatic rings. The second-order valence-electron chi connectivity index (χ2n) is 6.06. The summed E-state index contributed by atoms with van der Waals surface area (Å²) in [5.74, 6) is 0.119. The Hall–Kier alpha value is -3.06. The number of rotatable bonds is 7. The Morgan fingerprint density at radius 1 is 1.19 bits per heavy atom. The standard InChI is InChI=1S/C20H25N3O4/c1-21-19(25)16-13-15(9-10-18(16)27-3)22-20(26)23(2)12-11-17(24)14-7-5-4-6-8-14/h4-10,13,17,24H,11-12H2,1-3H3,(H,21,25)(H,22,26). The smallest absolute Gasteiger partial charge is 0.321 e. The Morgan fingerprint density at radius 2 is 1.89 bits per heavy atom. The topological polar surface area (TPSA) is 90.9 Å². The summed E-state index contributed by atoms with van der Waals surface area (Å²) < 4.78 is 5.17. The highest BCUT2D eigenvalue weighted by molar-refractivity contribution is 5.99. The lowest BCUT2D eigenvalue weighted by Gasteiger charge is -2.20. The van der Waals surface area contributed by atoms with Gasteiger partial charge in [0.25, 0.3) is 5.91 Å². The number of benzene rings is 2. The molecule has 0 saturated heterocycles. The molecular weight excluding hydrogens is 346 g/mol. The minimum Gasteiger partial charge on any atom is -0.496 e. The van der Waals surface area contributed by atoms with Crippen molar-refractivity contribution in [2.24, 2.45) is 0 Å². The number of urea groups is 1. The zero-order valence-corrected chi connectivity index (χ0v) is 15.7. The van der Waals surface area contributed by atoms with Crippen LogP contribution in [0.1, 0.15) is 28.4 Å². The molecule has 2 rings (SSSR count). The number of nitrogens with zero attached hydrogens (tertiary/aromatic N) is 1. The van der Waals surface area contributed by atoms with Crippen LogP contribution in [0.4, 0.5) is 10.5 Å². The van der Waals surface area contributed by atoms with Crippen molar-refractivity contribution in [2.45, 2.75) is 12.5 Å². The number of hydrogen-bond donors (Lipinski definition) is 3. The highest BCUT2D eigenvalue weighted by Gasteiger charge is 2.15. The van der Waals surface area contributed by atoms with Crippen LogP contribution in [0.3, 0.4) is 0 Å². The van der Waals surface area contributed by atoms with Gasteiger partial charge in [-0.3, -0.25) is 4.79 Å². The molecule has 0 heterocycles. The summed E-state index contributed by atoms with van der Waals surface area (Å²) in [4.78, 5) is 25.8. The number of carbonyl (C=O) groups is 2. The van der Waals surface area contributed by atoms with Crippen LogP contribution in [-0.2, 0) is 0 Å². The maximum Gasteiger partial charge on any atom is 0.321 e. The molecule has 0 aliphatic carbocycles. The summed E-state index contributed by atoms with van der Waals surface area (Å²) in [7, 11) is 4.65. The van der Waals surface area contributed by atoms with Crippen molar-refractivity contribution < 1.29 is 19.4 Å². The third-order valence-electron chi connectivity index (χ3n) is 4.19. The van der Waals surface area contributed by atoms with E-state index in [1.54, 1.807) is 25.2 Å². The van der Waals surface area contributed by atoms with Crippen LogP contribution in [0.25, 0.3) is 0 Å². The van der Waals surface area contributed by atoms with E-state index in [0.717, 1.165) is 5.56 Å². The van der Waals surface area contributed by atoms with Crippen molar-refractivity contribution in [2.75, 3.05) is 33.1 Å². The number of ether oxygens (including phenoxy) is 1. The van der Waals surface area contributed by atoms with Gasteiger partial charge in [-0.15, -0.1) is 0 Å². The van der Waals surface area contributed by atoms with Crippen LogP contribution in [-0.4, -0.2) is 49.7 Å². The molecule has 0 bridgehead atoms. The number of methoxy groups -OCH3 is 1. The number of amides is 3. The fraction of sp³-hybridized carbons (Fsp3) is 0.300. The van der Waals surface area contributed by atoms with Crippen molar-refractivity contribution >= 4 is 17.6 Å². The Bertz CT molecular complexity index is 780. The Balaban J connectivity index is 1.96. The predicted molar refractivity (Wildman–Crippen MR) is 104 cm³/mol. The molecule has 0 aliphatic heterocycles. The zero-order chi connectivity index (χ0) is 19.8. The molecule has 0 saturated carbocycles. The molecule has 1 unspecified atom stereocenters. The van der Waals surface area contributed by atoms with Crippen molar-refractivity contribution in [1.82, 2.24) is 10.2 Å². The van der Waals surface area contributed by atoms with E-state index in [0.29, 0.717) is 30.0 Å². The van der Waals surface area contributed by atoms with E-state index in [-0.39, 0.29) is 11.9 Å². The summed E-state index contributed by atoms with van der Waals surface area (Å²) in [6.45, 7) is 0.375. The normalized spacial score (nSPS) is 11.4. The molecule has 144 valence electrons. The minimum absolute atomic E-state index is 0.303. The van der Waals surface area contributed by atoms with Gasteiger partial charge < -0.3 is 25.4 Å². The Kier molecular flexibility index (Phi) is 7.19. The van der Waals surface area contributed by atoms with Crippen molar-refractivity contribution in [1.29, 1.82) is 0 Å². The molecule has 3 amide bonds. The number of carbonyl (C=O) groups excluding carboxylic acids is 2. The van der Waals surface area contributed by atoms with E-state index in [2.05, 4.69) is 10.6 Å². The monoisotopic (exact) mass is 371 g/mol. The molecule has 1 atom stereocenters. The Morgan fingerprint density at radius 3 is 2.52 bits per heavy atom. The van der Waals surface area contributed by atoms with Crippen LogP contribution in [0, 0.1) is 0 Å². The van der Waals surface area contributed by atoms with Crippen LogP contribution in [0.15, 0.2) is 48.5 Å². The van der Waals surface area contributed by atoms with E-state index in [1.807, 2.05) is 30.3 Å². The maximum atomic E-state index is 12.4.